The van der Waals surface area contributed by atoms with E-state index in [0.717, 1.165) is 19.6 Å². The zero-order valence-corrected chi connectivity index (χ0v) is 9.65. The Labute approximate surface area is 90.5 Å². The molecule has 80 valence electrons. The van der Waals surface area contributed by atoms with Crippen LogP contribution < -0.4 is 11.1 Å². The van der Waals surface area contributed by atoms with Crippen molar-refractivity contribution in [3.05, 3.63) is 22.4 Å². The molecule has 0 aliphatic rings. The summed E-state index contributed by atoms with van der Waals surface area (Å²) in [7, 11) is 0. The molecule has 0 aromatic carbocycles. The summed E-state index contributed by atoms with van der Waals surface area (Å²) >= 11 is 1.80. The molecule has 1 heterocycles. The van der Waals surface area contributed by atoms with E-state index in [0.29, 0.717) is 5.92 Å². The second kappa shape index (κ2) is 6.98. The summed E-state index contributed by atoms with van der Waals surface area (Å²) in [6.45, 7) is 5.04. The zero-order valence-electron chi connectivity index (χ0n) is 8.83. The number of nitrogens with two attached hydrogens (primary N) is 1. The summed E-state index contributed by atoms with van der Waals surface area (Å²) in [5, 5.41) is 5.57. The number of hydrogen-bond donors (Lipinski definition) is 2. The molecule has 1 aromatic heterocycles. The van der Waals surface area contributed by atoms with Gasteiger partial charge in [-0.05, 0) is 36.9 Å². The van der Waals surface area contributed by atoms with Gasteiger partial charge in [-0.3, -0.25) is 0 Å². The topological polar surface area (TPSA) is 38.0 Å². The quantitative estimate of drug-likeness (QED) is 0.727. The van der Waals surface area contributed by atoms with Crippen molar-refractivity contribution in [2.45, 2.75) is 26.3 Å². The van der Waals surface area contributed by atoms with Crippen molar-refractivity contribution in [3.8, 4) is 0 Å². The molecule has 1 unspecified atom stereocenters. The fraction of sp³-hybridized carbons (Fsp3) is 0.636. The summed E-state index contributed by atoms with van der Waals surface area (Å²) in [5.41, 5.74) is 5.68. The van der Waals surface area contributed by atoms with Crippen LogP contribution in [0.25, 0.3) is 0 Å². The van der Waals surface area contributed by atoms with E-state index < -0.39 is 0 Å². The van der Waals surface area contributed by atoms with Crippen LogP contribution in [0, 0.1) is 5.92 Å². The summed E-state index contributed by atoms with van der Waals surface area (Å²) in [6, 6.07) is 4.25. The van der Waals surface area contributed by atoms with Gasteiger partial charge in [0.25, 0.3) is 0 Å². The van der Waals surface area contributed by atoms with Crippen LogP contribution in [0.4, 0.5) is 0 Å². The Balaban J connectivity index is 2.13. The maximum absolute atomic E-state index is 5.68. The maximum Gasteiger partial charge on any atom is 0.0299 e. The van der Waals surface area contributed by atoms with Crippen molar-refractivity contribution in [1.82, 2.24) is 5.32 Å². The summed E-state index contributed by atoms with van der Waals surface area (Å²) in [4.78, 5) is 1.40. The summed E-state index contributed by atoms with van der Waals surface area (Å²) < 4.78 is 0. The number of rotatable bonds is 7. The van der Waals surface area contributed by atoms with Crippen LogP contribution in [0.5, 0.6) is 0 Å². The first kappa shape index (κ1) is 11.7. The van der Waals surface area contributed by atoms with Gasteiger partial charge in [0.15, 0.2) is 0 Å². The lowest BCUT2D eigenvalue weighted by molar-refractivity contribution is 0.450. The minimum atomic E-state index is 0.639. The lowest BCUT2D eigenvalue weighted by atomic mass is 10.0. The molecule has 14 heavy (non-hydrogen) atoms. The standard InChI is InChI=1S/C11H20N2S/c1-2-4-10(7-12)8-13-9-11-5-3-6-14-11/h3,5-6,10,13H,2,4,7-9,12H2,1H3. The van der Waals surface area contributed by atoms with Crippen molar-refractivity contribution in [2.75, 3.05) is 13.1 Å². The largest absolute Gasteiger partial charge is 0.330 e. The molecular weight excluding hydrogens is 192 g/mol. The van der Waals surface area contributed by atoms with Crippen molar-refractivity contribution in [3.63, 3.8) is 0 Å². The molecule has 0 aliphatic heterocycles. The van der Waals surface area contributed by atoms with Crippen LogP contribution in [0.15, 0.2) is 17.5 Å². The fourth-order valence-electron chi connectivity index (χ4n) is 1.52. The van der Waals surface area contributed by atoms with Gasteiger partial charge in [0.05, 0.1) is 0 Å². The Hall–Kier alpha value is -0.380. The van der Waals surface area contributed by atoms with E-state index in [1.165, 1.54) is 17.7 Å². The Morgan fingerprint density at radius 1 is 1.57 bits per heavy atom. The molecule has 0 saturated carbocycles. The number of hydrogen-bond acceptors (Lipinski definition) is 3. The lowest BCUT2D eigenvalue weighted by Gasteiger charge is -2.13. The molecule has 2 nitrogen and oxygen atoms in total. The number of nitrogens with one attached hydrogen (secondary N) is 1. The Morgan fingerprint density at radius 2 is 2.43 bits per heavy atom. The Morgan fingerprint density at radius 3 is 3.00 bits per heavy atom. The second-order valence-corrected chi connectivity index (χ2v) is 4.63. The number of thiophene rings is 1. The van der Waals surface area contributed by atoms with E-state index in [4.69, 9.17) is 5.73 Å². The summed E-state index contributed by atoms with van der Waals surface area (Å²) in [5.74, 6) is 0.639. The van der Waals surface area contributed by atoms with Gasteiger partial charge < -0.3 is 11.1 Å². The van der Waals surface area contributed by atoms with Gasteiger partial charge in [-0.1, -0.05) is 19.4 Å². The van der Waals surface area contributed by atoms with E-state index >= 15 is 0 Å². The molecular formula is C11H20N2S. The predicted octanol–water partition coefficient (Wildman–Crippen LogP) is 2.21. The molecule has 0 amide bonds. The third kappa shape index (κ3) is 4.22. The van der Waals surface area contributed by atoms with Crippen molar-refractivity contribution in [1.29, 1.82) is 0 Å². The first-order valence-electron chi connectivity index (χ1n) is 5.30. The average Bonchev–Trinajstić information content (AvgIpc) is 2.69. The zero-order chi connectivity index (χ0) is 10.2. The van der Waals surface area contributed by atoms with Crippen molar-refractivity contribution < 1.29 is 0 Å². The lowest BCUT2D eigenvalue weighted by Crippen LogP contribution is -2.27. The molecule has 0 spiro atoms. The highest BCUT2D eigenvalue weighted by molar-refractivity contribution is 7.09. The van der Waals surface area contributed by atoms with Gasteiger partial charge in [0, 0.05) is 11.4 Å². The van der Waals surface area contributed by atoms with Gasteiger partial charge >= 0.3 is 0 Å². The third-order valence-electron chi connectivity index (χ3n) is 2.34. The van der Waals surface area contributed by atoms with Crippen LogP contribution in [0.3, 0.4) is 0 Å². The SMILES string of the molecule is CCCC(CN)CNCc1cccs1. The maximum atomic E-state index is 5.68. The summed E-state index contributed by atoms with van der Waals surface area (Å²) in [6.07, 6.45) is 2.45. The van der Waals surface area contributed by atoms with Gasteiger partial charge in [-0.25, -0.2) is 0 Å². The molecule has 0 saturated heterocycles. The monoisotopic (exact) mass is 212 g/mol. The minimum absolute atomic E-state index is 0.639. The van der Waals surface area contributed by atoms with Gasteiger partial charge in [0.1, 0.15) is 0 Å². The highest BCUT2D eigenvalue weighted by Crippen LogP contribution is 2.08. The third-order valence-corrected chi connectivity index (χ3v) is 3.22. The minimum Gasteiger partial charge on any atom is -0.330 e. The van der Waals surface area contributed by atoms with E-state index in [1.807, 2.05) is 0 Å². The van der Waals surface area contributed by atoms with Gasteiger partial charge in [-0.2, -0.15) is 0 Å². The Bertz CT molecular complexity index is 221. The average molecular weight is 212 g/mol. The van der Waals surface area contributed by atoms with Crippen LogP contribution in [-0.2, 0) is 6.54 Å². The van der Waals surface area contributed by atoms with Crippen LogP contribution >= 0.6 is 11.3 Å². The molecule has 0 aliphatic carbocycles. The molecule has 3 heteroatoms. The van der Waals surface area contributed by atoms with E-state index in [1.54, 1.807) is 11.3 Å². The molecule has 0 fully saturated rings. The molecule has 0 bridgehead atoms. The van der Waals surface area contributed by atoms with Crippen LogP contribution in [0.2, 0.25) is 0 Å². The predicted molar refractivity (Wildman–Crippen MR) is 63.5 cm³/mol. The molecule has 1 atom stereocenters. The van der Waals surface area contributed by atoms with E-state index in [-0.39, 0.29) is 0 Å². The van der Waals surface area contributed by atoms with Crippen LogP contribution in [-0.4, -0.2) is 13.1 Å². The molecule has 3 N–H and O–H groups in total. The molecule has 1 aromatic rings. The van der Waals surface area contributed by atoms with Crippen LogP contribution in [0.1, 0.15) is 24.6 Å². The first-order valence-corrected chi connectivity index (χ1v) is 6.18. The van der Waals surface area contributed by atoms with E-state index in [2.05, 4.69) is 29.8 Å². The second-order valence-electron chi connectivity index (χ2n) is 3.60. The van der Waals surface area contributed by atoms with E-state index in [9.17, 15) is 0 Å². The fourth-order valence-corrected chi connectivity index (χ4v) is 2.20. The highest BCUT2D eigenvalue weighted by atomic mass is 32.1. The molecule has 0 radical (unpaired) electrons. The first-order chi connectivity index (χ1) is 6.86. The van der Waals surface area contributed by atoms with Crippen molar-refractivity contribution in [2.24, 2.45) is 11.7 Å². The smallest absolute Gasteiger partial charge is 0.0299 e. The molecule has 1 rings (SSSR count). The van der Waals surface area contributed by atoms with Gasteiger partial charge in [0.2, 0.25) is 0 Å². The van der Waals surface area contributed by atoms with Crippen molar-refractivity contribution >= 4 is 11.3 Å². The van der Waals surface area contributed by atoms with Gasteiger partial charge in [-0.15, -0.1) is 11.3 Å². The highest BCUT2D eigenvalue weighted by Gasteiger charge is 2.04. The Kier molecular flexibility index (Phi) is 5.83. The normalized spacial score (nSPS) is 13.0.